The van der Waals surface area contributed by atoms with Gasteiger partial charge in [0.15, 0.2) is 42.7 Å². The first-order valence-corrected chi connectivity index (χ1v) is 49.3. The molecule has 0 spiro atoms. The van der Waals surface area contributed by atoms with Crippen LogP contribution in [-0.2, 0) is 109 Å². The normalized spacial score (nSPS) is 11.7. The fourth-order valence-corrected chi connectivity index (χ4v) is 15.7. The van der Waals surface area contributed by atoms with Gasteiger partial charge in [0.2, 0.25) is 20.0 Å². The van der Waals surface area contributed by atoms with Crippen LogP contribution < -0.4 is 70.4 Å². The molecule has 134 heavy (non-hydrogen) atoms. The molecule has 6 aromatic carbocycles. The number of nitrogen functional groups attached to an aromatic ring is 1. The van der Waals surface area contributed by atoms with Crippen molar-refractivity contribution in [2.24, 2.45) is 16.1 Å². The number of phenolic OH excluding ortho intramolecular Hbond substituents is 1. The van der Waals surface area contributed by atoms with E-state index in [1.165, 1.54) is 144 Å². The van der Waals surface area contributed by atoms with E-state index in [0.717, 1.165) is 17.9 Å². The van der Waals surface area contributed by atoms with Gasteiger partial charge in [-0.3, -0.25) is 42.7 Å². The van der Waals surface area contributed by atoms with Gasteiger partial charge in [-0.2, -0.15) is 73.3 Å². The molecule has 10 N–H and O–H groups in total. The molecule has 37 nitrogen and oxygen atoms in total. The predicted molar refractivity (Wildman–Crippen MR) is 463 cm³/mol. The van der Waals surface area contributed by atoms with Gasteiger partial charge in [0.1, 0.15) is 28.8 Å². The van der Waals surface area contributed by atoms with Gasteiger partial charge in [-0.15, -0.1) is 12.4 Å². The summed E-state index contributed by atoms with van der Waals surface area (Å²) in [6, 6.07) is 35.6. The number of aromatic hydroxyl groups is 1. The summed E-state index contributed by atoms with van der Waals surface area (Å²) in [5.74, 6) is 1.18. The number of esters is 1. The number of alkyl halides is 12. The molecular weight excluding hydrogens is 2000 g/mol. The number of halogens is 13. The van der Waals surface area contributed by atoms with Gasteiger partial charge in [-0.05, 0) is 235 Å². The number of carbonyl (C=O) groups is 4. The van der Waals surface area contributed by atoms with E-state index in [4.69, 9.17) is 72.8 Å². The number of Topliss-reactive ketones (excluding diaryl/α,β-unsaturated/α-hetero) is 2. The maximum Gasteiger partial charge on any atom is 1.00 e. The number of aromatic nitrogens is 2. The van der Waals surface area contributed by atoms with Crippen LogP contribution in [0.15, 0.2) is 168 Å². The van der Waals surface area contributed by atoms with E-state index in [-0.39, 0.29) is 170 Å². The van der Waals surface area contributed by atoms with Crippen molar-refractivity contribution in [3.05, 3.63) is 180 Å². The number of anilines is 1. The average Bonchev–Trinajstić information content (AvgIpc) is 1.63. The van der Waals surface area contributed by atoms with Gasteiger partial charge in [0.05, 0.1) is 80.6 Å². The van der Waals surface area contributed by atoms with Gasteiger partial charge in [-0.1, -0.05) is 0 Å². The van der Waals surface area contributed by atoms with Gasteiger partial charge < -0.3 is 81.0 Å². The molecule has 0 atom stereocenters. The second-order valence-corrected chi connectivity index (χ2v) is 36.7. The Labute approximate surface area is 794 Å². The number of primary sulfonamides is 2. The molecule has 0 aliphatic rings. The Morgan fingerprint density at radius 2 is 0.784 bits per heavy atom. The third-order valence-electron chi connectivity index (χ3n) is 14.1. The number of phenols is 1. The molecule has 7 aromatic rings. The molecule has 0 fully saturated rings. The van der Waals surface area contributed by atoms with Crippen LogP contribution in [0.3, 0.4) is 0 Å². The van der Waals surface area contributed by atoms with Crippen LogP contribution in [0, 0.1) is 0 Å². The number of hydrazine groups is 1. The largest absolute Gasteiger partial charge is 1.00 e. The molecule has 0 aliphatic carbocycles. The summed E-state index contributed by atoms with van der Waals surface area (Å²) in [5, 5.41) is 47.8. The van der Waals surface area contributed by atoms with Gasteiger partial charge in [0.25, 0.3) is 5.78 Å². The molecule has 1 heterocycles. The fourth-order valence-electron chi connectivity index (χ4n) is 8.55. The van der Waals surface area contributed by atoms with Crippen molar-refractivity contribution in [2.75, 3.05) is 104 Å². The number of aliphatic hydroxyl groups is 2. The number of nitrogens with zero attached hydrogens (tertiary/aromatic N) is 2. The standard InChI is InChI=1S/C21H23F3N3O6PS.C15H18F3O6P.C13H19O5P.C8H8O2.C6H12F3O6PS.C6H9N3O2S.C4H5F3O2.C2H6O.CH3O.ClH.Na/c1-3-32-34(28,33-4-2)14-31-17-9-5-15(6-10-17)19-13-20(21(22,23)24)26-27(19)16-7-11-18(12-8-16)35(25,29)30;1-3-23-25(21,24-4-2)10-22-12-7-5-11(6-8-12)13(19)9-14(20)15(16,17)18;1-4-17-19(15,18-5-2)10-16-13-8-6-12(7-9-13)11(3)14;1-6(9)7-2-4-8(10)5-3-7;1-3-13-16(10,14-4-2)5-15-17(11,12)6(7,8)9;7-9-5-1-3-6(4-2-5)12(8,10)11;1-2-9-3(8)4(5,6)7;1-2-3;1-2;;/h5-13H,3-4,14H2,1-2H3,(H2,25,29,30);5-9,19H,3-4,10H2,1-2H3;6-9H,4-5,10H2,1-3H3;2-5,10H,1H3;3-5H2,1-2H3;1-4,9H,7H2,(H2,8,10,11);2H2,1H3;3H,2H2,1H3;1H3;1H;/q;;;;;;;;-1;;+1. The van der Waals surface area contributed by atoms with E-state index < -0.39 is 114 Å². The summed E-state index contributed by atoms with van der Waals surface area (Å²) in [5.41, 5.74) is -1.83. The maximum atomic E-state index is 13.4. The smallest absolute Gasteiger partial charge is 0.857 e. The van der Waals surface area contributed by atoms with Crippen molar-refractivity contribution in [3.63, 3.8) is 0 Å². The first kappa shape index (κ1) is 132. The van der Waals surface area contributed by atoms with Crippen molar-refractivity contribution in [1.82, 2.24) is 9.78 Å². The molecule has 0 saturated carbocycles. The van der Waals surface area contributed by atoms with Crippen molar-refractivity contribution >= 4 is 108 Å². The van der Waals surface area contributed by atoms with Crippen LogP contribution in [0.1, 0.15) is 115 Å². The maximum absolute atomic E-state index is 13.4. The van der Waals surface area contributed by atoms with Gasteiger partial charge >= 0.3 is 100 Å². The van der Waals surface area contributed by atoms with Crippen LogP contribution in [-0.4, -0.2) is 190 Å². The zero-order chi connectivity index (χ0) is 102. The first-order valence-electron chi connectivity index (χ1n) is 37.8. The number of carbonyl (C=O) groups excluding carboxylic acids is 4. The van der Waals surface area contributed by atoms with Crippen molar-refractivity contribution in [2.45, 2.75) is 117 Å². The summed E-state index contributed by atoms with van der Waals surface area (Å²) in [6.07, 6.45) is -16.7. The Morgan fingerprint density at radius 3 is 1.05 bits per heavy atom. The Bertz CT molecular complexity index is 5190. The van der Waals surface area contributed by atoms with E-state index in [9.17, 15) is 120 Å². The Morgan fingerprint density at radius 1 is 0.478 bits per heavy atom. The van der Waals surface area contributed by atoms with Crippen LogP contribution in [0.5, 0.6) is 23.0 Å². The van der Waals surface area contributed by atoms with Crippen LogP contribution in [0.2, 0.25) is 0 Å². The zero-order valence-electron chi connectivity index (χ0n) is 74.3. The molecule has 7 rings (SSSR count). The number of nitrogens with one attached hydrogen (secondary N) is 1. The first-order chi connectivity index (χ1) is 61.2. The summed E-state index contributed by atoms with van der Waals surface area (Å²) in [7, 11) is -26.7. The molecule has 1 aromatic heterocycles. The number of hydrogen-bond donors (Lipinski definition) is 7. The second kappa shape index (κ2) is 64.4. The molecule has 0 amide bonds. The van der Waals surface area contributed by atoms with Crippen molar-refractivity contribution in [3.8, 4) is 39.9 Å². The molecule has 58 heteroatoms. The molecule has 0 bridgehead atoms. The molecule has 0 saturated heterocycles. The molecule has 0 aliphatic heterocycles. The monoisotopic (exact) mass is 2100 g/mol. The Balaban J connectivity index is -0.000000761. The number of sulfonamides is 2. The van der Waals surface area contributed by atoms with Crippen molar-refractivity contribution in [1.29, 1.82) is 0 Å². The summed E-state index contributed by atoms with van der Waals surface area (Å²) >= 11 is 0. The van der Waals surface area contributed by atoms with E-state index in [1.54, 1.807) is 84.9 Å². The number of aliphatic hydroxyl groups excluding tert-OH is 2. The summed E-state index contributed by atoms with van der Waals surface area (Å²) in [4.78, 5) is 42.2. The number of ether oxygens (including phenoxy) is 4. The number of hydrogen-bond acceptors (Lipinski definition) is 34. The van der Waals surface area contributed by atoms with Gasteiger partial charge in [-0.25, -0.2) is 36.6 Å². The quantitative estimate of drug-likeness (QED) is 0.00161. The number of rotatable bonds is 38. The molecule has 0 unspecified atom stereocenters. The third-order valence-corrected chi connectivity index (χ3v) is 24.1. The number of benzene rings is 6. The average molecular weight is 2100 g/mol. The predicted octanol–water partition coefficient (Wildman–Crippen LogP) is 13.4. The second-order valence-electron chi connectivity index (χ2n) is 24.0. The molecule has 0 radical (unpaired) electrons. The van der Waals surface area contributed by atoms with Crippen LogP contribution >= 0.6 is 42.8 Å². The van der Waals surface area contributed by atoms with Crippen LogP contribution in [0.4, 0.5) is 58.4 Å². The molecule has 754 valence electrons. The number of nitrogens with two attached hydrogens (primary N) is 3. The minimum Gasteiger partial charge on any atom is -0.857 e. The Hall–Kier alpha value is -7.79. The van der Waals surface area contributed by atoms with E-state index in [0.29, 0.717) is 47.1 Å². The van der Waals surface area contributed by atoms with Crippen molar-refractivity contribution < 1.29 is 225 Å². The van der Waals surface area contributed by atoms with E-state index in [2.05, 4.69) is 28.5 Å². The van der Waals surface area contributed by atoms with E-state index >= 15 is 0 Å². The third kappa shape index (κ3) is 52.7. The Kier molecular flexibility index (Phi) is 63.7. The fraction of sp³-hybridized carbons (Fsp3) is 0.408. The number of allylic oxidation sites excluding steroid dienone is 1. The van der Waals surface area contributed by atoms with Gasteiger partial charge in [0, 0.05) is 40.6 Å². The number of ketones is 3. The summed E-state index contributed by atoms with van der Waals surface area (Å²) in [6.45, 7) is 20.0. The molecular formula is C76H104ClF12N6NaO31P4S3. The summed E-state index contributed by atoms with van der Waals surface area (Å²) < 4.78 is 324. The minimum atomic E-state index is -5.80. The zero-order valence-corrected chi connectivity index (χ0v) is 83.1. The minimum absolute atomic E-state index is 0. The van der Waals surface area contributed by atoms with E-state index in [1.807, 2.05) is 0 Å². The topological polar surface area (TPSA) is 551 Å². The SMILES string of the molecule is CC(=O)c1ccc(O)cc1.CCO.CCOC(=O)C(F)(F)F.CCOP(=O)(COS(=O)(=O)C(F)(F)F)OCC.CCOP(=O)(COc1ccc(-c2cc(C(F)(F)F)nn2-c2ccc(S(N)(=O)=O)cc2)cc1)OCC.CCOP(=O)(COc1ccc(C(C)=O)cc1)OCC.CCOP(=O)(COc1ccc(C(O)=CC(=O)C(F)(F)F)cc1)OCC.C[O-].Cl.NNc1ccc(S(N)(=O)=O)cc1.[Na+]. The van der Waals surface area contributed by atoms with Crippen LogP contribution in [0.25, 0.3) is 22.7 Å².